The largest absolute Gasteiger partial charge is 0.481 e. The Balaban J connectivity index is 2.74. The summed E-state index contributed by atoms with van der Waals surface area (Å²) in [5.74, 6) is -4.69. The van der Waals surface area contributed by atoms with Crippen LogP contribution < -0.4 is 0 Å². The van der Waals surface area contributed by atoms with Crippen LogP contribution in [-0.4, -0.2) is 63.1 Å². The third kappa shape index (κ3) is 4.99. The Kier molecular flexibility index (Phi) is 6.21. The Morgan fingerprint density at radius 1 is 1.17 bits per heavy atom. The van der Waals surface area contributed by atoms with Gasteiger partial charge in [0.15, 0.2) is 5.25 Å². The minimum atomic E-state index is -4.79. The number of amides is 2. The maximum atomic E-state index is 11.9. The van der Waals surface area contributed by atoms with Crippen LogP contribution >= 0.6 is 0 Å². The van der Waals surface area contributed by atoms with E-state index in [1.807, 2.05) is 0 Å². The molecule has 2 amide bonds. The van der Waals surface area contributed by atoms with Crippen molar-refractivity contribution < 1.29 is 42.4 Å². The average Bonchev–Trinajstić information content (AvgIpc) is 2.69. The average molecular weight is 351 g/mol. The fraction of sp³-hybridized carbons (Fsp3) is 0.667. The summed E-state index contributed by atoms with van der Waals surface area (Å²) in [5.41, 5.74) is 0. The number of rotatable bonds is 9. The van der Waals surface area contributed by atoms with Gasteiger partial charge in [0.2, 0.25) is 5.91 Å². The summed E-state index contributed by atoms with van der Waals surface area (Å²) < 4.78 is 31.0. The molecule has 0 saturated carbocycles. The Bertz CT molecular complexity index is 612. The van der Waals surface area contributed by atoms with Crippen molar-refractivity contribution in [1.82, 2.24) is 4.90 Å². The molecule has 1 unspecified atom stereocenters. The maximum absolute atomic E-state index is 11.9. The second kappa shape index (κ2) is 7.51. The number of carboxylic acids is 2. The molecule has 11 heteroatoms. The lowest BCUT2D eigenvalue weighted by molar-refractivity contribution is -0.154. The summed E-state index contributed by atoms with van der Waals surface area (Å²) in [5, 5.41) is 15.7. The zero-order chi connectivity index (χ0) is 17.8. The molecule has 0 spiro atoms. The van der Waals surface area contributed by atoms with Gasteiger partial charge in [-0.25, -0.2) is 4.79 Å². The van der Waals surface area contributed by atoms with Crippen LogP contribution in [-0.2, 0) is 29.3 Å². The molecule has 2 atom stereocenters. The molecule has 1 heterocycles. The second-order valence-corrected chi connectivity index (χ2v) is 6.76. The summed E-state index contributed by atoms with van der Waals surface area (Å²) in [6.07, 6.45) is -0.0433. The second-order valence-electron chi connectivity index (χ2n) is 5.16. The first-order valence-electron chi connectivity index (χ1n) is 6.82. The monoisotopic (exact) mass is 351 g/mol. The number of carbonyl (C=O) groups is 4. The molecular weight excluding hydrogens is 334 g/mol. The van der Waals surface area contributed by atoms with Gasteiger partial charge in [-0.05, 0) is 12.8 Å². The molecule has 1 fully saturated rings. The van der Waals surface area contributed by atoms with E-state index in [4.69, 9.17) is 14.8 Å². The van der Waals surface area contributed by atoms with Crippen LogP contribution in [0.25, 0.3) is 0 Å². The molecule has 1 saturated heterocycles. The van der Waals surface area contributed by atoms with Crippen LogP contribution in [0.3, 0.4) is 0 Å². The van der Waals surface area contributed by atoms with Gasteiger partial charge >= 0.3 is 11.9 Å². The number of carbonyl (C=O) groups excluding carboxylic acids is 2. The summed E-state index contributed by atoms with van der Waals surface area (Å²) in [6, 6.07) is -1.54. The molecule has 0 aromatic heterocycles. The number of likely N-dealkylation sites (tertiary alicyclic amines) is 1. The van der Waals surface area contributed by atoms with E-state index in [9.17, 15) is 27.6 Å². The molecule has 130 valence electrons. The SMILES string of the molecule is O=C(O)CCCCC[C@@H](C(=O)O)N1C(=O)CC(S(=O)(=O)O)C1=O. The number of hydrogen-bond acceptors (Lipinski definition) is 6. The summed E-state index contributed by atoms with van der Waals surface area (Å²) >= 11 is 0. The molecule has 23 heavy (non-hydrogen) atoms. The Hall–Kier alpha value is -2.01. The van der Waals surface area contributed by atoms with Crippen molar-refractivity contribution in [2.75, 3.05) is 0 Å². The highest BCUT2D eigenvalue weighted by Gasteiger charge is 2.49. The van der Waals surface area contributed by atoms with E-state index in [1.165, 1.54) is 0 Å². The van der Waals surface area contributed by atoms with Crippen LogP contribution in [0.5, 0.6) is 0 Å². The van der Waals surface area contributed by atoms with Crippen molar-refractivity contribution in [1.29, 1.82) is 0 Å². The van der Waals surface area contributed by atoms with Gasteiger partial charge in [-0.15, -0.1) is 0 Å². The highest BCUT2D eigenvalue weighted by Crippen LogP contribution is 2.24. The summed E-state index contributed by atoms with van der Waals surface area (Å²) in [4.78, 5) is 45.6. The van der Waals surface area contributed by atoms with Crippen molar-refractivity contribution in [3.05, 3.63) is 0 Å². The van der Waals surface area contributed by atoms with Crippen molar-refractivity contribution in [2.45, 2.75) is 49.8 Å². The van der Waals surface area contributed by atoms with E-state index >= 15 is 0 Å². The molecule has 0 aromatic rings. The van der Waals surface area contributed by atoms with Crippen molar-refractivity contribution in [3.8, 4) is 0 Å². The summed E-state index contributed by atoms with van der Waals surface area (Å²) in [6.45, 7) is 0. The van der Waals surface area contributed by atoms with E-state index in [2.05, 4.69) is 0 Å². The molecule has 1 rings (SSSR count). The predicted octanol–water partition coefficient (Wildman–Crippen LogP) is -0.510. The molecule has 3 N–H and O–H groups in total. The molecule has 0 bridgehead atoms. The van der Waals surface area contributed by atoms with Gasteiger partial charge in [-0.2, -0.15) is 8.42 Å². The highest BCUT2D eigenvalue weighted by atomic mass is 32.2. The lowest BCUT2D eigenvalue weighted by atomic mass is 10.1. The zero-order valence-corrected chi connectivity index (χ0v) is 12.9. The van der Waals surface area contributed by atoms with Crippen molar-refractivity contribution in [2.24, 2.45) is 0 Å². The first-order valence-corrected chi connectivity index (χ1v) is 8.32. The van der Waals surface area contributed by atoms with Crippen molar-refractivity contribution in [3.63, 3.8) is 0 Å². The first-order chi connectivity index (χ1) is 10.6. The van der Waals surface area contributed by atoms with E-state index in [-0.39, 0.29) is 19.3 Å². The third-order valence-corrected chi connectivity index (χ3v) is 4.55. The van der Waals surface area contributed by atoms with Gasteiger partial charge in [0, 0.05) is 6.42 Å². The number of hydrogen-bond donors (Lipinski definition) is 3. The molecule has 10 nitrogen and oxygen atoms in total. The molecule has 0 aromatic carbocycles. The first kappa shape index (κ1) is 19.0. The topological polar surface area (TPSA) is 166 Å². The third-order valence-electron chi connectivity index (χ3n) is 3.47. The van der Waals surface area contributed by atoms with Gasteiger partial charge in [-0.3, -0.25) is 23.8 Å². The predicted molar refractivity (Wildman–Crippen MR) is 74.0 cm³/mol. The molecular formula is C12H17NO9S. The number of nitrogens with zero attached hydrogens (tertiary/aromatic N) is 1. The number of carboxylic acid groups (broad SMARTS) is 2. The number of imide groups is 1. The van der Waals surface area contributed by atoms with Gasteiger partial charge < -0.3 is 10.2 Å². The normalized spacial score (nSPS) is 19.9. The summed E-state index contributed by atoms with van der Waals surface area (Å²) in [7, 11) is -4.79. The zero-order valence-electron chi connectivity index (χ0n) is 12.0. The fourth-order valence-corrected chi connectivity index (χ4v) is 3.06. The molecule has 1 aliphatic heterocycles. The van der Waals surface area contributed by atoms with Gasteiger partial charge in [0.1, 0.15) is 6.04 Å². The van der Waals surface area contributed by atoms with Crippen LogP contribution in [0.4, 0.5) is 0 Å². The van der Waals surface area contributed by atoms with Crippen LogP contribution in [0.1, 0.15) is 38.5 Å². The van der Waals surface area contributed by atoms with Crippen LogP contribution in [0.2, 0.25) is 0 Å². The van der Waals surface area contributed by atoms with E-state index in [1.54, 1.807) is 0 Å². The minimum absolute atomic E-state index is 0.0792. The maximum Gasteiger partial charge on any atom is 0.326 e. The Labute approximate surface area is 131 Å². The Morgan fingerprint density at radius 3 is 2.22 bits per heavy atom. The van der Waals surface area contributed by atoms with E-state index in [0.717, 1.165) is 0 Å². The van der Waals surface area contributed by atoms with E-state index < -0.39 is 51.6 Å². The molecule has 0 aliphatic carbocycles. The van der Waals surface area contributed by atoms with Gasteiger partial charge in [0.05, 0.1) is 6.42 Å². The Morgan fingerprint density at radius 2 is 1.78 bits per heavy atom. The molecule has 0 radical (unpaired) electrons. The molecule has 1 aliphatic rings. The smallest absolute Gasteiger partial charge is 0.326 e. The van der Waals surface area contributed by atoms with Crippen molar-refractivity contribution >= 4 is 33.9 Å². The number of aliphatic carboxylic acids is 2. The van der Waals surface area contributed by atoms with Gasteiger partial charge in [-0.1, -0.05) is 12.8 Å². The minimum Gasteiger partial charge on any atom is -0.481 e. The van der Waals surface area contributed by atoms with Crippen LogP contribution in [0, 0.1) is 0 Å². The fourth-order valence-electron chi connectivity index (χ4n) is 2.34. The number of unbranched alkanes of at least 4 members (excludes halogenated alkanes) is 2. The highest BCUT2D eigenvalue weighted by molar-refractivity contribution is 7.87. The lowest BCUT2D eigenvalue weighted by Gasteiger charge is -2.22. The standard InChI is InChI=1S/C12H17NO9S/c14-9-6-8(23(20,21)22)11(17)13(9)7(12(18)19)4-2-1-3-5-10(15)16/h7-8H,1-6H2,(H,15,16)(H,18,19)(H,20,21,22)/t7-,8?/m0/s1. The van der Waals surface area contributed by atoms with Crippen LogP contribution in [0.15, 0.2) is 0 Å². The van der Waals surface area contributed by atoms with Gasteiger partial charge in [0.25, 0.3) is 16.0 Å². The quantitative estimate of drug-likeness (QED) is 0.281. The van der Waals surface area contributed by atoms with E-state index in [0.29, 0.717) is 17.7 Å². The lowest BCUT2D eigenvalue weighted by Crippen LogP contribution is -2.46.